The van der Waals surface area contributed by atoms with Gasteiger partial charge in [-0.3, -0.25) is 4.79 Å². The molecule has 2 aromatic rings. The Morgan fingerprint density at radius 3 is 2.38 bits per heavy atom. The molecule has 5 nitrogen and oxygen atoms in total. The summed E-state index contributed by atoms with van der Waals surface area (Å²) in [6, 6.07) is 12.5. The molecule has 1 aliphatic carbocycles. The van der Waals surface area contributed by atoms with Crippen LogP contribution >= 0.6 is 0 Å². The van der Waals surface area contributed by atoms with E-state index in [-0.39, 0.29) is 41.9 Å². The number of carboxylic acids is 1. The number of nitrogens with one attached hydrogen (secondary N) is 1. The number of hydrogen-bond donors (Lipinski definition) is 1. The number of carbonyl (C=O) groups is 2. The summed E-state index contributed by atoms with van der Waals surface area (Å²) in [5.41, 5.74) is 1.85. The average molecular weight is 361 g/mol. The van der Waals surface area contributed by atoms with Gasteiger partial charge >= 0.3 is 29.6 Å². The van der Waals surface area contributed by atoms with Crippen LogP contribution in [0.25, 0.3) is 0 Å². The van der Waals surface area contributed by atoms with Gasteiger partial charge in [-0.2, -0.15) is 0 Å². The topological polar surface area (TPSA) is 78.5 Å². The van der Waals surface area contributed by atoms with Crippen LogP contribution in [0.4, 0.5) is 5.69 Å². The van der Waals surface area contributed by atoms with Crippen molar-refractivity contribution in [2.75, 3.05) is 12.4 Å². The number of carboxylic acid groups (broad SMARTS) is 1. The minimum Gasteiger partial charge on any atom is -0.549 e. The van der Waals surface area contributed by atoms with Crippen LogP contribution in [0.2, 0.25) is 0 Å². The number of rotatable bonds is 5. The van der Waals surface area contributed by atoms with Crippen molar-refractivity contribution in [1.29, 1.82) is 0 Å². The van der Waals surface area contributed by atoms with E-state index in [0.717, 1.165) is 11.1 Å². The number of benzene rings is 2. The van der Waals surface area contributed by atoms with E-state index in [1.807, 2.05) is 26.0 Å². The van der Waals surface area contributed by atoms with Crippen molar-refractivity contribution in [2.45, 2.75) is 25.7 Å². The van der Waals surface area contributed by atoms with Gasteiger partial charge in [-0.1, -0.05) is 36.4 Å². The minimum absolute atomic E-state index is 0. The van der Waals surface area contributed by atoms with Crippen molar-refractivity contribution < 1.29 is 49.0 Å². The first-order chi connectivity index (χ1) is 11.9. The fraction of sp³-hybridized carbons (Fsp3) is 0.300. The van der Waals surface area contributed by atoms with E-state index in [4.69, 9.17) is 4.74 Å². The molecular formula is C20H20NNaO4. The SMILES string of the molecule is COc1cc(NC(=O)[C@@H]2C[C@@]2(C(=O)[O-])c2ccccc2)c(C)cc1C.[Na+]. The molecule has 0 bridgehead atoms. The molecule has 1 amide bonds. The molecule has 2 aromatic carbocycles. The summed E-state index contributed by atoms with van der Waals surface area (Å²) in [4.78, 5) is 24.4. The molecule has 1 fully saturated rings. The third-order valence-electron chi connectivity index (χ3n) is 4.93. The summed E-state index contributed by atoms with van der Waals surface area (Å²) in [6.07, 6.45) is 0.243. The number of hydrogen-bond acceptors (Lipinski definition) is 4. The largest absolute Gasteiger partial charge is 1.00 e. The van der Waals surface area contributed by atoms with Crippen molar-refractivity contribution in [2.24, 2.45) is 5.92 Å². The molecule has 1 saturated carbocycles. The number of ether oxygens (including phenoxy) is 1. The third kappa shape index (κ3) is 3.52. The molecule has 1 aliphatic rings. The van der Waals surface area contributed by atoms with E-state index in [9.17, 15) is 14.7 Å². The molecule has 2 atom stereocenters. The summed E-state index contributed by atoms with van der Waals surface area (Å²) >= 11 is 0. The van der Waals surface area contributed by atoms with Gasteiger partial charge in [0.05, 0.1) is 19.0 Å². The molecule has 130 valence electrons. The number of anilines is 1. The van der Waals surface area contributed by atoms with Gasteiger partial charge in [0.2, 0.25) is 5.91 Å². The zero-order valence-electron chi connectivity index (χ0n) is 15.5. The van der Waals surface area contributed by atoms with E-state index in [1.54, 1.807) is 37.4 Å². The van der Waals surface area contributed by atoms with Crippen molar-refractivity contribution >= 4 is 17.6 Å². The molecule has 0 spiro atoms. The zero-order valence-corrected chi connectivity index (χ0v) is 17.5. The number of aliphatic carboxylic acids is 1. The molecular weight excluding hydrogens is 341 g/mol. The first kappa shape index (κ1) is 20.5. The second-order valence-corrected chi connectivity index (χ2v) is 6.51. The van der Waals surface area contributed by atoms with E-state index in [1.165, 1.54) is 0 Å². The average Bonchev–Trinajstić information content (AvgIpc) is 3.35. The van der Waals surface area contributed by atoms with Crippen LogP contribution in [0.5, 0.6) is 5.75 Å². The van der Waals surface area contributed by atoms with Gasteiger partial charge in [0.1, 0.15) is 5.75 Å². The summed E-state index contributed by atoms with van der Waals surface area (Å²) in [5.74, 6) is -1.50. The normalized spacial score (nSPS) is 20.7. The van der Waals surface area contributed by atoms with Crippen LogP contribution < -0.4 is 44.7 Å². The Balaban J connectivity index is 0.00000243. The fourth-order valence-corrected chi connectivity index (χ4v) is 3.38. The predicted molar refractivity (Wildman–Crippen MR) is 92.3 cm³/mol. The van der Waals surface area contributed by atoms with Crippen LogP contribution in [0.3, 0.4) is 0 Å². The maximum Gasteiger partial charge on any atom is 1.00 e. The maximum atomic E-state index is 12.7. The molecule has 0 saturated heterocycles. The van der Waals surface area contributed by atoms with Crippen LogP contribution in [0.1, 0.15) is 23.1 Å². The molecule has 0 unspecified atom stereocenters. The van der Waals surface area contributed by atoms with Crippen LogP contribution in [-0.2, 0) is 15.0 Å². The quantitative estimate of drug-likeness (QED) is 0.691. The van der Waals surface area contributed by atoms with Crippen molar-refractivity contribution in [1.82, 2.24) is 0 Å². The monoisotopic (exact) mass is 361 g/mol. The number of carbonyl (C=O) groups excluding carboxylic acids is 2. The van der Waals surface area contributed by atoms with Crippen molar-refractivity contribution in [3.05, 3.63) is 59.2 Å². The third-order valence-corrected chi connectivity index (χ3v) is 4.93. The van der Waals surface area contributed by atoms with Gasteiger partial charge in [-0.05, 0) is 37.0 Å². The Labute approximate surface area is 175 Å². The summed E-state index contributed by atoms with van der Waals surface area (Å²) < 4.78 is 5.29. The first-order valence-corrected chi connectivity index (χ1v) is 8.13. The Hall–Kier alpha value is -1.82. The van der Waals surface area contributed by atoms with E-state index >= 15 is 0 Å². The molecule has 6 heteroatoms. The molecule has 26 heavy (non-hydrogen) atoms. The molecule has 1 N–H and O–H groups in total. The number of aryl methyl sites for hydroxylation is 2. The Kier molecular flexibility index (Phi) is 6.17. The second kappa shape index (κ2) is 7.82. The van der Waals surface area contributed by atoms with Crippen LogP contribution in [0, 0.1) is 19.8 Å². The van der Waals surface area contributed by atoms with E-state index in [2.05, 4.69) is 5.32 Å². The molecule has 0 radical (unpaired) electrons. The summed E-state index contributed by atoms with van der Waals surface area (Å²) in [5, 5.41) is 14.6. The zero-order chi connectivity index (χ0) is 18.2. The molecule has 0 aromatic heterocycles. The van der Waals surface area contributed by atoms with Crippen LogP contribution in [0.15, 0.2) is 42.5 Å². The van der Waals surface area contributed by atoms with Crippen LogP contribution in [-0.4, -0.2) is 19.0 Å². The first-order valence-electron chi connectivity index (χ1n) is 8.13. The predicted octanol–water partition coefficient (Wildman–Crippen LogP) is -1.04. The Morgan fingerprint density at radius 1 is 1.15 bits per heavy atom. The van der Waals surface area contributed by atoms with Gasteiger partial charge in [0, 0.05) is 17.2 Å². The summed E-state index contributed by atoms with van der Waals surface area (Å²) in [7, 11) is 1.57. The molecule has 0 heterocycles. The molecule has 3 rings (SSSR count). The van der Waals surface area contributed by atoms with E-state index in [0.29, 0.717) is 17.0 Å². The number of amides is 1. The van der Waals surface area contributed by atoms with Crippen molar-refractivity contribution in [3.8, 4) is 5.75 Å². The van der Waals surface area contributed by atoms with E-state index < -0.39 is 17.3 Å². The van der Waals surface area contributed by atoms with Crippen molar-refractivity contribution in [3.63, 3.8) is 0 Å². The Morgan fingerprint density at radius 2 is 1.81 bits per heavy atom. The standard InChI is InChI=1S/C20H21NO4.Na/c1-12-9-13(2)17(25-3)10-16(12)21-18(22)15-11-20(15,19(23)24)14-7-5-4-6-8-14;/h4-10,15H,11H2,1-3H3,(H,21,22)(H,23,24);/q;+1/p-1/t15-,20+;/m0./s1. The molecule has 0 aliphatic heterocycles. The smallest absolute Gasteiger partial charge is 0.549 e. The van der Waals surface area contributed by atoms with Gasteiger partial charge < -0.3 is 20.0 Å². The second-order valence-electron chi connectivity index (χ2n) is 6.51. The van der Waals surface area contributed by atoms with Gasteiger partial charge in [-0.15, -0.1) is 0 Å². The van der Waals surface area contributed by atoms with Gasteiger partial charge in [0.15, 0.2) is 0 Å². The number of methoxy groups -OCH3 is 1. The van der Waals surface area contributed by atoms with Gasteiger partial charge in [0.25, 0.3) is 0 Å². The maximum absolute atomic E-state index is 12.7. The summed E-state index contributed by atoms with van der Waals surface area (Å²) in [6.45, 7) is 3.81. The van der Waals surface area contributed by atoms with Gasteiger partial charge in [-0.25, -0.2) is 0 Å². The minimum atomic E-state index is -1.24. The fourth-order valence-electron chi connectivity index (χ4n) is 3.38. The Bertz CT molecular complexity index is 837.